The lowest BCUT2D eigenvalue weighted by molar-refractivity contribution is 0.0876. The summed E-state index contributed by atoms with van der Waals surface area (Å²) in [4.78, 5) is 2.61. The van der Waals surface area contributed by atoms with Gasteiger partial charge in [0.05, 0.1) is 6.04 Å². The van der Waals surface area contributed by atoms with Crippen molar-refractivity contribution in [2.75, 3.05) is 6.54 Å². The summed E-state index contributed by atoms with van der Waals surface area (Å²) >= 11 is 3.70. The molecule has 0 spiro atoms. The third kappa shape index (κ3) is 3.39. The highest BCUT2D eigenvalue weighted by atomic mass is 79.9. The molecule has 0 saturated carbocycles. The number of nitrogens with zero attached hydrogens (tertiary/aromatic N) is 1. The van der Waals surface area contributed by atoms with Crippen LogP contribution in [0.1, 0.15) is 51.1 Å². The average Bonchev–Trinajstić information content (AvgIpc) is 2.43. The fourth-order valence-electron chi connectivity index (χ4n) is 3.13. The summed E-state index contributed by atoms with van der Waals surface area (Å²) in [5, 5.41) is 0. The Morgan fingerprint density at radius 2 is 2.11 bits per heavy atom. The van der Waals surface area contributed by atoms with Crippen LogP contribution in [-0.2, 0) is 0 Å². The van der Waals surface area contributed by atoms with Crippen molar-refractivity contribution >= 4 is 15.9 Å². The molecule has 0 aromatic heterocycles. The van der Waals surface area contributed by atoms with E-state index in [1.807, 2.05) is 0 Å². The first kappa shape index (κ1) is 15.0. The SMILES string of the molecule is CCC(N)C(c1ccccc1Br)N1CCCCC1C. The molecule has 2 N–H and O–H groups in total. The van der Waals surface area contributed by atoms with Gasteiger partial charge in [-0.25, -0.2) is 0 Å². The quantitative estimate of drug-likeness (QED) is 0.903. The summed E-state index contributed by atoms with van der Waals surface area (Å²) in [7, 11) is 0. The van der Waals surface area contributed by atoms with Crippen LogP contribution in [0.25, 0.3) is 0 Å². The van der Waals surface area contributed by atoms with Crippen LogP contribution in [0, 0.1) is 0 Å². The van der Waals surface area contributed by atoms with Crippen LogP contribution >= 0.6 is 15.9 Å². The van der Waals surface area contributed by atoms with Crippen LogP contribution in [0.5, 0.6) is 0 Å². The fourth-order valence-corrected chi connectivity index (χ4v) is 3.65. The zero-order valence-corrected chi connectivity index (χ0v) is 13.6. The molecule has 1 aliphatic heterocycles. The van der Waals surface area contributed by atoms with Crippen molar-refractivity contribution in [1.82, 2.24) is 4.90 Å². The van der Waals surface area contributed by atoms with Crippen molar-refractivity contribution < 1.29 is 0 Å². The van der Waals surface area contributed by atoms with Gasteiger partial charge in [-0.15, -0.1) is 0 Å². The Hall–Kier alpha value is -0.380. The molecule has 3 atom stereocenters. The highest BCUT2D eigenvalue weighted by Gasteiger charge is 2.31. The molecule has 1 fully saturated rings. The maximum absolute atomic E-state index is 6.45. The van der Waals surface area contributed by atoms with E-state index in [-0.39, 0.29) is 6.04 Å². The molecule has 0 aliphatic carbocycles. The van der Waals surface area contributed by atoms with Crippen molar-refractivity contribution in [3.63, 3.8) is 0 Å². The van der Waals surface area contributed by atoms with Crippen LogP contribution in [0.15, 0.2) is 28.7 Å². The Morgan fingerprint density at radius 3 is 2.74 bits per heavy atom. The minimum atomic E-state index is 0.194. The predicted molar refractivity (Wildman–Crippen MR) is 85.2 cm³/mol. The maximum Gasteiger partial charge on any atom is 0.0513 e. The van der Waals surface area contributed by atoms with Gasteiger partial charge in [0.15, 0.2) is 0 Å². The van der Waals surface area contributed by atoms with Crippen LogP contribution in [0.3, 0.4) is 0 Å². The van der Waals surface area contributed by atoms with Gasteiger partial charge in [-0.05, 0) is 44.4 Å². The Morgan fingerprint density at radius 1 is 1.37 bits per heavy atom. The smallest absolute Gasteiger partial charge is 0.0513 e. The molecule has 3 heteroatoms. The summed E-state index contributed by atoms with van der Waals surface area (Å²) < 4.78 is 1.18. The second kappa shape index (κ2) is 6.87. The summed E-state index contributed by atoms with van der Waals surface area (Å²) in [5.74, 6) is 0. The van der Waals surface area contributed by atoms with E-state index in [2.05, 4.69) is 58.9 Å². The topological polar surface area (TPSA) is 29.3 Å². The molecule has 1 aromatic carbocycles. The van der Waals surface area contributed by atoms with Gasteiger partial charge in [-0.1, -0.05) is 47.5 Å². The normalized spacial score (nSPS) is 24.1. The number of piperidine rings is 1. The number of hydrogen-bond donors (Lipinski definition) is 1. The lowest BCUT2D eigenvalue weighted by Crippen LogP contribution is -2.47. The molecule has 106 valence electrons. The molecule has 1 aromatic rings. The van der Waals surface area contributed by atoms with Gasteiger partial charge >= 0.3 is 0 Å². The third-order valence-electron chi connectivity index (χ3n) is 4.31. The number of rotatable bonds is 4. The molecule has 0 amide bonds. The summed E-state index contributed by atoms with van der Waals surface area (Å²) in [6.07, 6.45) is 4.94. The summed E-state index contributed by atoms with van der Waals surface area (Å²) in [5.41, 5.74) is 7.79. The highest BCUT2D eigenvalue weighted by Crippen LogP contribution is 2.34. The van der Waals surface area contributed by atoms with E-state index in [9.17, 15) is 0 Å². The standard InChI is InChI=1S/C16H25BrN2/c1-3-15(18)16(13-9-4-5-10-14(13)17)19-11-7-6-8-12(19)2/h4-5,9-10,12,15-16H,3,6-8,11,18H2,1-2H3. The maximum atomic E-state index is 6.45. The number of benzene rings is 1. The lowest BCUT2D eigenvalue weighted by Gasteiger charge is -2.42. The van der Waals surface area contributed by atoms with Crippen LogP contribution < -0.4 is 5.73 Å². The van der Waals surface area contributed by atoms with E-state index >= 15 is 0 Å². The molecule has 0 bridgehead atoms. The second-order valence-electron chi connectivity index (χ2n) is 5.62. The molecule has 19 heavy (non-hydrogen) atoms. The van der Waals surface area contributed by atoms with Gasteiger partial charge in [0, 0.05) is 16.6 Å². The van der Waals surface area contributed by atoms with Crippen LogP contribution in [-0.4, -0.2) is 23.5 Å². The Labute approximate surface area is 125 Å². The Bertz CT molecular complexity index is 407. The molecule has 1 heterocycles. The molecule has 0 radical (unpaired) electrons. The van der Waals surface area contributed by atoms with Gasteiger partial charge in [0.2, 0.25) is 0 Å². The molecule has 1 aliphatic rings. The number of nitrogens with two attached hydrogens (primary N) is 1. The molecule has 2 rings (SSSR count). The van der Waals surface area contributed by atoms with Gasteiger partial charge in [-0.2, -0.15) is 0 Å². The van der Waals surface area contributed by atoms with E-state index < -0.39 is 0 Å². The molecule has 3 unspecified atom stereocenters. The fraction of sp³-hybridized carbons (Fsp3) is 0.625. The first-order chi connectivity index (χ1) is 9.15. The average molecular weight is 325 g/mol. The largest absolute Gasteiger partial charge is 0.326 e. The minimum absolute atomic E-state index is 0.194. The monoisotopic (exact) mass is 324 g/mol. The van der Waals surface area contributed by atoms with Crippen molar-refractivity contribution in [2.24, 2.45) is 5.73 Å². The van der Waals surface area contributed by atoms with Crippen LogP contribution in [0.2, 0.25) is 0 Å². The molecular formula is C16H25BrN2. The highest BCUT2D eigenvalue weighted by molar-refractivity contribution is 9.10. The van der Waals surface area contributed by atoms with Crippen molar-refractivity contribution in [3.05, 3.63) is 34.3 Å². The third-order valence-corrected chi connectivity index (χ3v) is 5.03. The van der Waals surface area contributed by atoms with E-state index in [4.69, 9.17) is 5.73 Å². The van der Waals surface area contributed by atoms with E-state index in [1.165, 1.54) is 35.8 Å². The first-order valence-electron chi connectivity index (χ1n) is 7.41. The van der Waals surface area contributed by atoms with Gasteiger partial charge in [0.25, 0.3) is 0 Å². The summed E-state index contributed by atoms with van der Waals surface area (Å²) in [6.45, 7) is 5.69. The van der Waals surface area contributed by atoms with Crippen molar-refractivity contribution in [3.8, 4) is 0 Å². The molecule has 2 nitrogen and oxygen atoms in total. The van der Waals surface area contributed by atoms with Crippen molar-refractivity contribution in [1.29, 1.82) is 0 Å². The molecular weight excluding hydrogens is 300 g/mol. The Balaban J connectivity index is 2.33. The van der Waals surface area contributed by atoms with E-state index in [0.717, 1.165) is 6.42 Å². The van der Waals surface area contributed by atoms with Crippen molar-refractivity contribution in [2.45, 2.75) is 57.7 Å². The molecule has 1 saturated heterocycles. The van der Waals surface area contributed by atoms with Gasteiger partial charge in [-0.3, -0.25) is 4.90 Å². The van der Waals surface area contributed by atoms with E-state index in [1.54, 1.807) is 0 Å². The Kier molecular flexibility index (Phi) is 5.43. The lowest BCUT2D eigenvalue weighted by atomic mass is 9.92. The number of halogens is 1. The number of likely N-dealkylation sites (tertiary alicyclic amines) is 1. The summed E-state index contributed by atoms with van der Waals surface area (Å²) in [6, 6.07) is 9.68. The zero-order valence-electron chi connectivity index (χ0n) is 12.0. The minimum Gasteiger partial charge on any atom is -0.326 e. The van der Waals surface area contributed by atoms with Gasteiger partial charge < -0.3 is 5.73 Å². The number of hydrogen-bond acceptors (Lipinski definition) is 2. The first-order valence-corrected chi connectivity index (χ1v) is 8.20. The van der Waals surface area contributed by atoms with Crippen LogP contribution in [0.4, 0.5) is 0 Å². The predicted octanol–water partition coefficient (Wildman–Crippen LogP) is 4.10. The zero-order chi connectivity index (χ0) is 13.8. The van der Waals surface area contributed by atoms with Gasteiger partial charge in [0.1, 0.15) is 0 Å². The second-order valence-corrected chi connectivity index (χ2v) is 6.48. The van der Waals surface area contributed by atoms with E-state index in [0.29, 0.717) is 12.1 Å².